The fraction of sp³-hybridized carbons (Fsp3) is 0.562. The van der Waals surface area contributed by atoms with Gasteiger partial charge in [0.15, 0.2) is 0 Å². The highest BCUT2D eigenvalue weighted by molar-refractivity contribution is 7.89. The van der Waals surface area contributed by atoms with E-state index in [4.69, 9.17) is 5.73 Å². The highest BCUT2D eigenvalue weighted by Gasteiger charge is 2.33. The lowest BCUT2D eigenvalue weighted by Gasteiger charge is -2.26. The zero-order chi connectivity index (χ0) is 16.4. The molecule has 0 aliphatic carbocycles. The lowest BCUT2D eigenvalue weighted by molar-refractivity contribution is -0.129. The lowest BCUT2D eigenvalue weighted by Crippen LogP contribution is -2.37. The molecule has 2 N–H and O–H groups in total. The molecule has 2 aliphatic heterocycles. The molecule has 1 amide bonds. The number of hydrogen-bond acceptors (Lipinski definition) is 4. The standard InChI is InChI=1S/C16H23N3O3S/c17-14-6-1-2-7-15(14)23(21,22)18-10-3-5-13(9-12-18)19-11-4-8-16(19)20/h1-2,6-7,13H,3-5,8-12,17H2. The predicted octanol–water partition coefficient (Wildman–Crippen LogP) is 1.43. The summed E-state index contributed by atoms with van der Waals surface area (Å²) < 4.78 is 27.2. The Kier molecular flexibility index (Phi) is 4.59. The molecule has 1 aromatic rings. The third-order valence-corrected chi connectivity index (χ3v) is 6.72. The van der Waals surface area contributed by atoms with E-state index in [9.17, 15) is 13.2 Å². The highest BCUT2D eigenvalue weighted by Crippen LogP contribution is 2.27. The first-order valence-corrected chi connectivity index (χ1v) is 9.58. The molecule has 2 fully saturated rings. The van der Waals surface area contributed by atoms with Crippen LogP contribution in [-0.4, -0.2) is 49.2 Å². The van der Waals surface area contributed by atoms with Crippen LogP contribution in [0.1, 0.15) is 32.1 Å². The summed E-state index contributed by atoms with van der Waals surface area (Å²) in [4.78, 5) is 14.0. The molecule has 126 valence electrons. The molecular formula is C16H23N3O3S. The molecule has 23 heavy (non-hydrogen) atoms. The van der Waals surface area contributed by atoms with Gasteiger partial charge < -0.3 is 10.6 Å². The monoisotopic (exact) mass is 337 g/mol. The third-order valence-electron chi connectivity index (χ3n) is 4.74. The van der Waals surface area contributed by atoms with Crippen molar-refractivity contribution in [2.75, 3.05) is 25.4 Å². The van der Waals surface area contributed by atoms with Crippen LogP contribution in [-0.2, 0) is 14.8 Å². The Morgan fingerprint density at radius 2 is 1.83 bits per heavy atom. The maximum absolute atomic E-state index is 12.8. The normalized spacial score (nSPS) is 23.9. The SMILES string of the molecule is Nc1ccccc1S(=O)(=O)N1CCCC(N2CCCC2=O)CC1. The van der Waals surface area contributed by atoms with Gasteiger partial charge in [0.2, 0.25) is 15.9 Å². The van der Waals surface area contributed by atoms with Crippen molar-refractivity contribution in [2.24, 2.45) is 0 Å². The van der Waals surface area contributed by atoms with E-state index in [1.165, 1.54) is 4.31 Å². The molecular weight excluding hydrogens is 314 g/mol. The average Bonchev–Trinajstić information content (AvgIpc) is 2.80. The van der Waals surface area contributed by atoms with Gasteiger partial charge in [-0.2, -0.15) is 4.31 Å². The van der Waals surface area contributed by atoms with Gasteiger partial charge in [0.25, 0.3) is 0 Å². The molecule has 0 spiro atoms. The molecule has 0 saturated carbocycles. The first-order chi connectivity index (χ1) is 11.0. The number of likely N-dealkylation sites (tertiary alicyclic amines) is 1. The molecule has 7 heteroatoms. The Balaban J connectivity index is 1.75. The Hall–Kier alpha value is -1.60. The van der Waals surface area contributed by atoms with Crippen LogP contribution in [0.4, 0.5) is 5.69 Å². The van der Waals surface area contributed by atoms with Gasteiger partial charge in [-0.25, -0.2) is 8.42 Å². The molecule has 6 nitrogen and oxygen atoms in total. The Labute approximate surface area is 137 Å². The van der Waals surface area contributed by atoms with Crippen molar-refractivity contribution >= 4 is 21.6 Å². The van der Waals surface area contributed by atoms with Crippen molar-refractivity contribution in [3.05, 3.63) is 24.3 Å². The summed E-state index contributed by atoms with van der Waals surface area (Å²) in [6.07, 6.45) is 3.86. The molecule has 2 saturated heterocycles. The van der Waals surface area contributed by atoms with E-state index in [2.05, 4.69) is 0 Å². The number of benzene rings is 1. The van der Waals surface area contributed by atoms with Crippen molar-refractivity contribution in [2.45, 2.75) is 43.0 Å². The van der Waals surface area contributed by atoms with E-state index < -0.39 is 10.0 Å². The first-order valence-electron chi connectivity index (χ1n) is 8.14. The summed E-state index contributed by atoms with van der Waals surface area (Å²) in [6, 6.07) is 6.74. The summed E-state index contributed by atoms with van der Waals surface area (Å²) in [6.45, 7) is 1.72. The van der Waals surface area contributed by atoms with E-state index in [0.29, 0.717) is 25.9 Å². The predicted molar refractivity (Wildman–Crippen MR) is 88.2 cm³/mol. The minimum Gasteiger partial charge on any atom is -0.398 e. The summed E-state index contributed by atoms with van der Waals surface area (Å²) in [5.74, 6) is 0.207. The molecule has 2 aliphatic rings. The molecule has 0 bridgehead atoms. The van der Waals surface area contributed by atoms with E-state index in [-0.39, 0.29) is 22.5 Å². The van der Waals surface area contributed by atoms with Crippen LogP contribution in [0.5, 0.6) is 0 Å². The smallest absolute Gasteiger partial charge is 0.245 e. The fourth-order valence-electron chi connectivity index (χ4n) is 3.51. The highest BCUT2D eigenvalue weighted by atomic mass is 32.2. The molecule has 1 aromatic carbocycles. The molecule has 3 rings (SSSR count). The molecule has 1 unspecified atom stereocenters. The van der Waals surface area contributed by atoms with Gasteiger partial charge in [-0.3, -0.25) is 4.79 Å². The number of anilines is 1. The van der Waals surface area contributed by atoms with Crippen molar-refractivity contribution < 1.29 is 13.2 Å². The Morgan fingerprint density at radius 1 is 1.04 bits per heavy atom. The maximum atomic E-state index is 12.8. The van der Waals surface area contributed by atoms with E-state index in [1.54, 1.807) is 24.3 Å². The number of rotatable bonds is 3. The zero-order valence-electron chi connectivity index (χ0n) is 13.1. The first kappa shape index (κ1) is 16.3. The van der Waals surface area contributed by atoms with Crippen LogP contribution in [0.25, 0.3) is 0 Å². The van der Waals surface area contributed by atoms with Crippen molar-refractivity contribution in [1.29, 1.82) is 0 Å². The molecule has 1 atom stereocenters. The summed E-state index contributed by atoms with van der Waals surface area (Å²) in [5.41, 5.74) is 6.12. The van der Waals surface area contributed by atoms with Gasteiger partial charge in [0, 0.05) is 32.1 Å². The Bertz CT molecular complexity index is 690. The number of hydrogen-bond donors (Lipinski definition) is 1. The topological polar surface area (TPSA) is 83.7 Å². The molecule has 2 heterocycles. The number of amides is 1. The summed E-state index contributed by atoms with van der Waals surface area (Å²) >= 11 is 0. The number of nitrogens with zero attached hydrogens (tertiary/aromatic N) is 2. The second-order valence-electron chi connectivity index (χ2n) is 6.22. The van der Waals surface area contributed by atoms with Crippen LogP contribution in [0.3, 0.4) is 0 Å². The number of carbonyl (C=O) groups excluding carboxylic acids is 1. The van der Waals surface area contributed by atoms with Gasteiger partial charge in [0.05, 0.1) is 5.69 Å². The van der Waals surface area contributed by atoms with E-state index in [1.807, 2.05) is 4.90 Å². The fourth-order valence-corrected chi connectivity index (χ4v) is 5.12. The van der Waals surface area contributed by atoms with Gasteiger partial charge in [-0.15, -0.1) is 0 Å². The summed E-state index contributed by atoms with van der Waals surface area (Å²) in [7, 11) is -3.57. The van der Waals surface area contributed by atoms with Gasteiger partial charge in [-0.05, 0) is 37.8 Å². The van der Waals surface area contributed by atoms with Gasteiger partial charge >= 0.3 is 0 Å². The van der Waals surface area contributed by atoms with Crippen molar-refractivity contribution in [3.8, 4) is 0 Å². The van der Waals surface area contributed by atoms with Crippen molar-refractivity contribution in [1.82, 2.24) is 9.21 Å². The minimum absolute atomic E-state index is 0.165. The quantitative estimate of drug-likeness (QED) is 0.846. The van der Waals surface area contributed by atoms with Gasteiger partial charge in [0.1, 0.15) is 4.90 Å². The van der Waals surface area contributed by atoms with Crippen LogP contribution in [0.2, 0.25) is 0 Å². The second kappa shape index (κ2) is 6.49. The summed E-state index contributed by atoms with van der Waals surface area (Å²) in [5, 5.41) is 0. The number of para-hydroxylation sites is 1. The lowest BCUT2D eigenvalue weighted by atomic mass is 10.1. The third kappa shape index (κ3) is 3.21. The largest absolute Gasteiger partial charge is 0.398 e. The molecule has 0 radical (unpaired) electrons. The number of sulfonamides is 1. The molecule has 0 aromatic heterocycles. The van der Waals surface area contributed by atoms with Gasteiger partial charge in [-0.1, -0.05) is 12.1 Å². The Morgan fingerprint density at radius 3 is 2.52 bits per heavy atom. The van der Waals surface area contributed by atoms with E-state index >= 15 is 0 Å². The van der Waals surface area contributed by atoms with Crippen LogP contribution < -0.4 is 5.73 Å². The van der Waals surface area contributed by atoms with Crippen LogP contribution in [0.15, 0.2) is 29.2 Å². The maximum Gasteiger partial charge on any atom is 0.245 e. The average molecular weight is 337 g/mol. The zero-order valence-corrected chi connectivity index (χ0v) is 14.0. The van der Waals surface area contributed by atoms with Crippen molar-refractivity contribution in [3.63, 3.8) is 0 Å². The second-order valence-corrected chi connectivity index (χ2v) is 8.12. The van der Waals surface area contributed by atoms with Crippen LogP contribution >= 0.6 is 0 Å². The number of nitrogen functional groups attached to an aromatic ring is 1. The van der Waals surface area contributed by atoms with Crippen LogP contribution in [0, 0.1) is 0 Å². The number of carbonyl (C=O) groups is 1. The minimum atomic E-state index is -3.57. The van der Waals surface area contributed by atoms with E-state index in [0.717, 1.165) is 25.8 Å². The number of nitrogens with two attached hydrogens (primary N) is 1.